The minimum absolute atomic E-state index is 0.0152. The van der Waals surface area contributed by atoms with Crippen molar-refractivity contribution in [1.82, 2.24) is 20.0 Å². The van der Waals surface area contributed by atoms with Crippen molar-refractivity contribution in [2.24, 2.45) is 7.05 Å². The van der Waals surface area contributed by atoms with Crippen molar-refractivity contribution in [1.29, 1.82) is 0 Å². The van der Waals surface area contributed by atoms with E-state index in [0.717, 1.165) is 19.4 Å². The molecule has 0 aliphatic carbocycles. The van der Waals surface area contributed by atoms with Crippen LogP contribution in [-0.2, 0) is 7.05 Å². The Bertz CT molecular complexity index is 399. The lowest BCUT2D eigenvalue weighted by atomic mass is 10.2. The van der Waals surface area contributed by atoms with Crippen molar-refractivity contribution in [3.63, 3.8) is 0 Å². The van der Waals surface area contributed by atoms with Crippen LogP contribution in [-0.4, -0.2) is 58.0 Å². The van der Waals surface area contributed by atoms with E-state index in [9.17, 15) is 4.79 Å². The van der Waals surface area contributed by atoms with Gasteiger partial charge in [0.1, 0.15) is 0 Å². The molecule has 1 aromatic heterocycles. The zero-order valence-electron chi connectivity index (χ0n) is 10.7. The number of carbonyl (C=O) groups is 1. The fraction of sp³-hybridized carbons (Fsp3) is 0.667. The van der Waals surface area contributed by atoms with E-state index in [4.69, 9.17) is 5.11 Å². The molecule has 0 aromatic carbocycles. The highest BCUT2D eigenvalue weighted by atomic mass is 16.3. The molecule has 100 valence electrons. The third-order valence-corrected chi connectivity index (χ3v) is 3.21. The summed E-state index contributed by atoms with van der Waals surface area (Å²) >= 11 is 0. The average Bonchev–Trinajstić information content (AvgIpc) is 2.99. The van der Waals surface area contributed by atoms with E-state index in [-0.39, 0.29) is 12.5 Å². The van der Waals surface area contributed by atoms with Gasteiger partial charge in [-0.15, -0.1) is 0 Å². The molecule has 0 saturated carbocycles. The van der Waals surface area contributed by atoms with E-state index in [2.05, 4.69) is 10.4 Å². The molecule has 1 aliphatic rings. The Morgan fingerprint density at radius 3 is 3.11 bits per heavy atom. The maximum absolute atomic E-state index is 12.3. The SMILES string of the molecule is Cn1cc(C(=O)N(CCO)CC2CCCN2)cn1. The van der Waals surface area contributed by atoms with Crippen LogP contribution in [0.1, 0.15) is 23.2 Å². The highest BCUT2D eigenvalue weighted by molar-refractivity contribution is 5.93. The molecule has 2 rings (SSSR count). The fourth-order valence-corrected chi connectivity index (χ4v) is 2.29. The summed E-state index contributed by atoms with van der Waals surface area (Å²) in [4.78, 5) is 14.0. The molecule has 6 heteroatoms. The largest absolute Gasteiger partial charge is 0.395 e. The second kappa shape index (κ2) is 5.97. The van der Waals surface area contributed by atoms with Crippen LogP contribution in [0.4, 0.5) is 0 Å². The Kier molecular flexibility index (Phi) is 4.33. The van der Waals surface area contributed by atoms with Gasteiger partial charge in [-0.1, -0.05) is 0 Å². The Morgan fingerprint density at radius 2 is 2.56 bits per heavy atom. The van der Waals surface area contributed by atoms with Gasteiger partial charge in [-0.05, 0) is 19.4 Å². The van der Waals surface area contributed by atoms with Gasteiger partial charge in [0.15, 0.2) is 0 Å². The molecule has 0 bridgehead atoms. The molecule has 0 radical (unpaired) electrons. The number of rotatable bonds is 5. The van der Waals surface area contributed by atoms with Crippen molar-refractivity contribution in [3.05, 3.63) is 18.0 Å². The molecule has 2 heterocycles. The Morgan fingerprint density at radius 1 is 1.72 bits per heavy atom. The molecule has 2 N–H and O–H groups in total. The summed E-state index contributed by atoms with van der Waals surface area (Å²) in [6.45, 7) is 2.01. The first-order valence-electron chi connectivity index (χ1n) is 6.33. The van der Waals surface area contributed by atoms with Crippen molar-refractivity contribution in [3.8, 4) is 0 Å². The van der Waals surface area contributed by atoms with Gasteiger partial charge in [0, 0.05) is 32.4 Å². The van der Waals surface area contributed by atoms with Crippen LogP contribution >= 0.6 is 0 Å². The highest BCUT2D eigenvalue weighted by Gasteiger charge is 2.22. The smallest absolute Gasteiger partial charge is 0.257 e. The average molecular weight is 252 g/mol. The number of hydrogen-bond acceptors (Lipinski definition) is 4. The number of carbonyl (C=O) groups excluding carboxylic acids is 1. The lowest BCUT2D eigenvalue weighted by Crippen LogP contribution is -2.42. The summed E-state index contributed by atoms with van der Waals surface area (Å²) in [5.41, 5.74) is 0.573. The summed E-state index contributed by atoms with van der Waals surface area (Å²) < 4.78 is 1.61. The molecule has 1 aromatic rings. The monoisotopic (exact) mass is 252 g/mol. The van der Waals surface area contributed by atoms with Crippen molar-refractivity contribution < 1.29 is 9.90 Å². The van der Waals surface area contributed by atoms with Crippen LogP contribution in [0.15, 0.2) is 12.4 Å². The number of aliphatic hydroxyl groups excluding tert-OH is 1. The molecular formula is C12H20N4O2. The van der Waals surface area contributed by atoms with Gasteiger partial charge in [0.05, 0.1) is 18.4 Å². The molecule has 18 heavy (non-hydrogen) atoms. The molecule has 1 atom stereocenters. The fourth-order valence-electron chi connectivity index (χ4n) is 2.29. The number of nitrogens with one attached hydrogen (secondary N) is 1. The summed E-state index contributed by atoms with van der Waals surface area (Å²) in [5, 5.41) is 16.4. The van der Waals surface area contributed by atoms with Crippen LogP contribution in [0.2, 0.25) is 0 Å². The topological polar surface area (TPSA) is 70.4 Å². The second-order valence-electron chi connectivity index (χ2n) is 4.67. The molecule has 1 fully saturated rings. The number of hydrogen-bond donors (Lipinski definition) is 2. The van der Waals surface area contributed by atoms with Crippen molar-refractivity contribution in [2.75, 3.05) is 26.2 Å². The molecular weight excluding hydrogens is 232 g/mol. The van der Waals surface area contributed by atoms with Crippen molar-refractivity contribution >= 4 is 5.91 Å². The minimum Gasteiger partial charge on any atom is -0.395 e. The van der Waals surface area contributed by atoms with Crippen LogP contribution < -0.4 is 5.32 Å². The molecule has 0 spiro atoms. The van der Waals surface area contributed by atoms with Gasteiger partial charge < -0.3 is 15.3 Å². The lowest BCUT2D eigenvalue weighted by Gasteiger charge is -2.24. The summed E-state index contributed by atoms with van der Waals surface area (Å²) in [6, 6.07) is 0.345. The third-order valence-electron chi connectivity index (χ3n) is 3.21. The summed E-state index contributed by atoms with van der Waals surface area (Å²) in [6.07, 6.45) is 5.50. The maximum Gasteiger partial charge on any atom is 0.257 e. The highest BCUT2D eigenvalue weighted by Crippen LogP contribution is 2.10. The second-order valence-corrected chi connectivity index (χ2v) is 4.67. The number of aryl methyl sites for hydroxylation is 1. The molecule has 1 amide bonds. The quantitative estimate of drug-likeness (QED) is 0.748. The predicted molar refractivity (Wildman–Crippen MR) is 67.2 cm³/mol. The van der Waals surface area contributed by atoms with Crippen molar-refractivity contribution in [2.45, 2.75) is 18.9 Å². The number of aliphatic hydroxyl groups is 1. The van der Waals surface area contributed by atoms with E-state index in [1.54, 1.807) is 29.0 Å². The number of amides is 1. The van der Waals surface area contributed by atoms with E-state index >= 15 is 0 Å². The first-order valence-corrected chi connectivity index (χ1v) is 6.33. The van der Waals surface area contributed by atoms with Crippen LogP contribution in [0.25, 0.3) is 0 Å². The van der Waals surface area contributed by atoms with Crippen LogP contribution in [0.5, 0.6) is 0 Å². The van der Waals surface area contributed by atoms with E-state index < -0.39 is 0 Å². The van der Waals surface area contributed by atoms with Crippen LogP contribution in [0.3, 0.4) is 0 Å². The third kappa shape index (κ3) is 3.08. The summed E-state index contributed by atoms with van der Waals surface area (Å²) in [5.74, 6) is -0.0640. The van der Waals surface area contributed by atoms with Crippen LogP contribution in [0, 0.1) is 0 Å². The molecule has 6 nitrogen and oxygen atoms in total. The predicted octanol–water partition coefficient (Wildman–Crippen LogP) is -0.393. The zero-order valence-corrected chi connectivity index (χ0v) is 10.7. The standard InChI is InChI=1S/C12H20N4O2/c1-15-8-10(7-14-15)12(18)16(5-6-17)9-11-3-2-4-13-11/h7-8,11,13,17H,2-6,9H2,1H3. The Balaban J connectivity index is 2.01. The summed E-state index contributed by atoms with van der Waals surface area (Å²) in [7, 11) is 1.78. The zero-order chi connectivity index (χ0) is 13.0. The normalized spacial score (nSPS) is 19.1. The van der Waals surface area contributed by atoms with E-state index in [1.165, 1.54) is 0 Å². The van der Waals surface area contributed by atoms with Gasteiger partial charge >= 0.3 is 0 Å². The molecule has 1 unspecified atom stereocenters. The van der Waals surface area contributed by atoms with Gasteiger partial charge in [-0.2, -0.15) is 5.10 Å². The lowest BCUT2D eigenvalue weighted by molar-refractivity contribution is 0.0706. The Labute approximate surface area is 107 Å². The number of aromatic nitrogens is 2. The number of nitrogens with zero attached hydrogens (tertiary/aromatic N) is 3. The van der Waals surface area contributed by atoms with Gasteiger partial charge in [-0.25, -0.2) is 0 Å². The maximum atomic E-state index is 12.3. The Hall–Kier alpha value is -1.40. The van der Waals surface area contributed by atoms with E-state index in [0.29, 0.717) is 24.7 Å². The van der Waals surface area contributed by atoms with Gasteiger partial charge in [-0.3, -0.25) is 9.48 Å². The van der Waals surface area contributed by atoms with Gasteiger partial charge in [0.25, 0.3) is 5.91 Å². The van der Waals surface area contributed by atoms with Gasteiger partial charge in [0.2, 0.25) is 0 Å². The minimum atomic E-state index is -0.0640. The first-order chi connectivity index (χ1) is 8.70. The molecule has 1 saturated heterocycles. The molecule has 1 aliphatic heterocycles. The van der Waals surface area contributed by atoms with E-state index in [1.807, 2.05) is 0 Å². The first kappa shape index (κ1) is 13.0.